The van der Waals surface area contributed by atoms with Crippen LogP contribution >= 0.6 is 0 Å². The van der Waals surface area contributed by atoms with Gasteiger partial charge >= 0.3 is 0 Å². The van der Waals surface area contributed by atoms with E-state index in [2.05, 4.69) is 11.8 Å². The van der Waals surface area contributed by atoms with Crippen molar-refractivity contribution in [3.8, 4) is 0 Å². The monoisotopic (exact) mass is 341 g/mol. The van der Waals surface area contributed by atoms with Crippen molar-refractivity contribution in [2.75, 3.05) is 39.3 Å². The van der Waals surface area contributed by atoms with E-state index < -0.39 is 10.2 Å². The second-order valence-electron chi connectivity index (χ2n) is 6.41. The van der Waals surface area contributed by atoms with E-state index in [-0.39, 0.29) is 6.04 Å². The van der Waals surface area contributed by atoms with Gasteiger partial charge in [-0.05, 0) is 51.4 Å². The summed E-state index contributed by atoms with van der Waals surface area (Å²) < 4.78 is 35.3. The molecule has 0 bridgehead atoms. The van der Waals surface area contributed by atoms with Crippen LogP contribution in [0.15, 0.2) is 16.5 Å². The van der Waals surface area contributed by atoms with E-state index in [9.17, 15) is 8.42 Å². The molecule has 3 heterocycles. The van der Waals surface area contributed by atoms with Crippen LogP contribution in [0.1, 0.15) is 43.7 Å². The number of hydrogen-bond donors (Lipinski definition) is 0. The van der Waals surface area contributed by atoms with E-state index in [4.69, 9.17) is 4.42 Å². The van der Waals surface area contributed by atoms with Crippen molar-refractivity contribution in [1.29, 1.82) is 0 Å². The van der Waals surface area contributed by atoms with E-state index in [0.29, 0.717) is 19.6 Å². The molecule has 2 saturated heterocycles. The minimum Gasteiger partial charge on any atom is -0.465 e. The zero-order chi connectivity index (χ0) is 16.4. The predicted octanol–water partition coefficient (Wildman–Crippen LogP) is 2.00. The molecule has 3 rings (SSSR count). The van der Waals surface area contributed by atoms with E-state index in [1.165, 1.54) is 0 Å². The van der Waals surface area contributed by atoms with Crippen LogP contribution < -0.4 is 0 Å². The minimum atomic E-state index is -3.42. The molecule has 0 N–H and O–H groups in total. The van der Waals surface area contributed by atoms with Gasteiger partial charge in [0.1, 0.15) is 11.5 Å². The maximum atomic E-state index is 13.1. The smallest absolute Gasteiger partial charge is 0.282 e. The van der Waals surface area contributed by atoms with E-state index in [1.807, 2.05) is 19.1 Å². The second-order valence-corrected chi connectivity index (χ2v) is 8.29. The van der Waals surface area contributed by atoms with Crippen LogP contribution in [0.4, 0.5) is 0 Å². The van der Waals surface area contributed by atoms with Gasteiger partial charge in [0.05, 0.1) is 6.04 Å². The first-order valence-electron chi connectivity index (χ1n) is 8.58. The zero-order valence-corrected chi connectivity index (χ0v) is 14.9. The largest absolute Gasteiger partial charge is 0.465 e. The minimum absolute atomic E-state index is 0.153. The van der Waals surface area contributed by atoms with Gasteiger partial charge in [-0.15, -0.1) is 0 Å². The fourth-order valence-corrected chi connectivity index (χ4v) is 5.44. The highest BCUT2D eigenvalue weighted by Gasteiger charge is 2.40. The van der Waals surface area contributed by atoms with Gasteiger partial charge < -0.3 is 9.32 Å². The van der Waals surface area contributed by atoms with Gasteiger partial charge in [-0.25, -0.2) is 0 Å². The Morgan fingerprint density at radius 2 is 1.96 bits per heavy atom. The number of rotatable bonds is 4. The Morgan fingerprint density at radius 3 is 2.65 bits per heavy atom. The maximum absolute atomic E-state index is 13.1. The van der Waals surface area contributed by atoms with Gasteiger partial charge in [0.15, 0.2) is 0 Å². The van der Waals surface area contributed by atoms with Gasteiger partial charge in [0, 0.05) is 26.2 Å². The Balaban J connectivity index is 1.78. The van der Waals surface area contributed by atoms with Crippen molar-refractivity contribution in [3.05, 3.63) is 23.7 Å². The molecule has 7 heteroatoms. The van der Waals surface area contributed by atoms with Crippen LogP contribution in [0.25, 0.3) is 0 Å². The van der Waals surface area contributed by atoms with Crippen LogP contribution in [0.3, 0.4) is 0 Å². The average molecular weight is 341 g/mol. The molecule has 1 aromatic rings. The molecule has 2 aliphatic rings. The van der Waals surface area contributed by atoms with E-state index >= 15 is 0 Å². The van der Waals surface area contributed by atoms with Crippen LogP contribution in [-0.4, -0.2) is 61.2 Å². The molecular formula is C16H27N3O3S. The van der Waals surface area contributed by atoms with Crippen molar-refractivity contribution in [1.82, 2.24) is 13.5 Å². The summed E-state index contributed by atoms with van der Waals surface area (Å²) in [4.78, 5) is 2.31. The Morgan fingerprint density at radius 1 is 1.13 bits per heavy atom. The van der Waals surface area contributed by atoms with Gasteiger partial charge in [-0.1, -0.05) is 6.92 Å². The standard InChI is InChI=1S/C16H27N3O3S/c1-3-17-9-5-10-18(13-12-17)23(20,21)19-11-4-6-15(19)16-8-7-14(2)22-16/h7-8,15H,3-6,9-13H2,1-2H3. The summed E-state index contributed by atoms with van der Waals surface area (Å²) in [6.07, 6.45) is 2.62. The lowest BCUT2D eigenvalue weighted by Crippen LogP contribution is -2.45. The molecule has 0 saturated carbocycles. The molecule has 0 radical (unpaired) electrons. The van der Waals surface area contributed by atoms with Crippen LogP contribution in [0.2, 0.25) is 0 Å². The molecule has 6 nitrogen and oxygen atoms in total. The lowest BCUT2D eigenvalue weighted by molar-refractivity contribution is 0.286. The summed E-state index contributed by atoms with van der Waals surface area (Å²) in [6, 6.07) is 3.66. The van der Waals surface area contributed by atoms with Crippen molar-refractivity contribution >= 4 is 10.2 Å². The molecule has 0 spiro atoms. The lowest BCUT2D eigenvalue weighted by Gasteiger charge is -2.29. The van der Waals surface area contributed by atoms with Crippen LogP contribution in [0.5, 0.6) is 0 Å². The van der Waals surface area contributed by atoms with Gasteiger partial charge in [-0.3, -0.25) is 0 Å². The normalized spacial score (nSPS) is 25.7. The summed E-state index contributed by atoms with van der Waals surface area (Å²) in [5.74, 6) is 1.60. The summed E-state index contributed by atoms with van der Waals surface area (Å²) in [7, 11) is -3.42. The molecular weight excluding hydrogens is 314 g/mol. The summed E-state index contributed by atoms with van der Waals surface area (Å²) >= 11 is 0. The third-order valence-electron chi connectivity index (χ3n) is 4.91. The highest BCUT2D eigenvalue weighted by Crippen LogP contribution is 2.36. The zero-order valence-electron chi connectivity index (χ0n) is 14.1. The highest BCUT2D eigenvalue weighted by molar-refractivity contribution is 7.86. The first kappa shape index (κ1) is 17.0. The van der Waals surface area contributed by atoms with Gasteiger partial charge in [0.2, 0.25) is 0 Å². The maximum Gasteiger partial charge on any atom is 0.282 e. The predicted molar refractivity (Wildman–Crippen MR) is 89.3 cm³/mol. The Kier molecular flexibility index (Phi) is 5.10. The molecule has 2 aliphatic heterocycles. The summed E-state index contributed by atoms with van der Waals surface area (Å²) in [5, 5.41) is 0. The summed E-state index contributed by atoms with van der Waals surface area (Å²) in [6.45, 7) is 8.56. The van der Waals surface area contributed by atoms with Crippen LogP contribution in [-0.2, 0) is 10.2 Å². The molecule has 130 valence electrons. The number of nitrogens with zero attached hydrogens (tertiary/aromatic N) is 3. The first-order valence-corrected chi connectivity index (χ1v) is 9.97. The number of hydrogen-bond acceptors (Lipinski definition) is 4. The van der Waals surface area contributed by atoms with E-state index in [0.717, 1.165) is 50.4 Å². The van der Waals surface area contributed by atoms with Crippen molar-refractivity contribution in [3.63, 3.8) is 0 Å². The average Bonchev–Trinajstić information content (AvgIpc) is 3.10. The fraction of sp³-hybridized carbons (Fsp3) is 0.750. The van der Waals surface area contributed by atoms with Crippen molar-refractivity contribution in [2.24, 2.45) is 0 Å². The number of furan rings is 1. The Labute approximate surface area is 139 Å². The van der Waals surface area contributed by atoms with Crippen molar-refractivity contribution < 1.29 is 12.8 Å². The second kappa shape index (κ2) is 6.93. The number of likely N-dealkylation sites (N-methyl/N-ethyl adjacent to an activating group) is 1. The third kappa shape index (κ3) is 3.47. The molecule has 1 atom stereocenters. The SMILES string of the molecule is CCN1CCCN(S(=O)(=O)N2CCCC2c2ccc(C)o2)CC1. The third-order valence-corrected chi connectivity index (χ3v) is 6.96. The van der Waals surface area contributed by atoms with Crippen LogP contribution in [0, 0.1) is 6.92 Å². The van der Waals surface area contributed by atoms with E-state index in [1.54, 1.807) is 8.61 Å². The fourth-order valence-electron chi connectivity index (χ4n) is 3.58. The molecule has 0 aliphatic carbocycles. The lowest BCUT2D eigenvalue weighted by atomic mass is 10.2. The molecule has 2 fully saturated rings. The molecule has 0 aromatic carbocycles. The van der Waals surface area contributed by atoms with Gasteiger partial charge in [0.25, 0.3) is 10.2 Å². The highest BCUT2D eigenvalue weighted by atomic mass is 32.2. The molecule has 1 aromatic heterocycles. The van der Waals surface area contributed by atoms with Crippen molar-refractivity contribution in [2.45, 2.75) is 39.2 Å². The molecule has 0 amide bonds. The quantitative estimate of drug-likeness (QED) is 0.840. The molecule has 23 heavy (non-hydrogen) atoms. The Hall–Kier alpha value is -0.890. The topological polar surface area (TPSA) is 57.0 Å². The first-order chi connectivity index (χ1) is 11.0. The Bertz CT molecular complexity index is 628. The molecule has 1 unspecified atom stereocenters. The summed E-state index contributed by atoms with van der Waals surface area (Å²) in [5.41, 5.74) is 0. The van der Waals surface area contributed by atoms with Gasteiger partial charge in [-0.2, -0.15) is 17.0 Å². The number of aryl methyl sites for hydroxylation is 1.